The third-order valence-electron chi connectivity index (χ3n) is 2.77. The number of hydrogen-bond acceptors (Lipinski definition) is 2. The van der Waals surface area contributed by atoms with Crippen LogP contribution in [0.1, 0.15) is 33.6 Å². The van der Waals surface area contributed by atoms with E-state index in [1.165, 1.54) is 19.4 Å². The molecule has 0 aromatic carbocycles. The lowest BCUT2D eigenvalue weighted by atomic mass is 9.80. The zero-order valence-electron chi connectivity index (χ0n) is 8.61. The molecule has 2 nitrogen and oxygen atoms in total. The molecule has 0 saturated carbocycles. The Morgan fingerprint density at radius 3 is 2.83 bits per heavy atom. The van der Waals surface area contributed by atoms with E-state index in [1.54, 1.807) is 0 Å². The van der Waals surface area contributed by atoms with Gasteiger partial charge in [-0.05, 0) is 31.3 Å². The summed E-state index contributed by atoms with van der Waals surface area (Å²) in [6, 6.07) is 0.707. The minimum absolute atomic E-state index is 0.424. The van der Waals surface area contributed by atoms with Gasteiger partial charge in [-0.3, -0.25) is 0 Å². The predicted octanol–water partition coefficient (Wildman–Crippen LogP) is 1.37. The highest BCUT2D eigenvalue weighted by Crippen LogP contribution is 2.24. The third-order valence-corrected chi connectivity index (χ3v) is 2.77. The second kappa shape index (κ2) is 4.24. The van der Waals surface area contributed by atoms with Crippen LogP contribution in [0.4, 0.5) is 0 Å². The third kappa shape index (κ3) is 2.46. The van der Waals surface area contributed by atoms with Crippen molar-refractivity contribution in [1.29, 1.82) is 0 Å². The van der Waals surface area contributed by atoms with Gasteiger partial charge in [-0.15, -0.1) is 0 Å². The van der Waals surface area contributed by atoms with E-state index >= 15 is 0 Å². The van der Waals surface area contributed by atoms with Crippen LogP contribution in [0.5, 0.6) is 0 Å². The van der Waals surface area contributed by atoms with Gasteiger partial charge in [0.25, 0.3) is 0 Å². The molecule has 0 aromatic rings. The van der Waals surface area contributed by atoms with Crippen molar-refractivity contribution in [3.8, 4) is 0 Å². The fourth-order valence-corrected chi connectivity index (χ4v) is 1.87. The molecule has 0 spiro atoms. The van der Waals surface area contributed by atoms with Gasteiger partial charge in [0.1, 0.15) is 0 Å². The minimum atomic E-state index is 0.424. The zero-order chi connectivity index (χ0) is 9.03. The van der Waals surface area contributed by atoms with Gasteiger partial charge in [0, 0.05) is 12.6 Å². The van der Waals surface area contributed by atoms with Gasteiger partial charge in [0.15, 0.2) is 0 Å². The van der Waals surface area contributed by atoms with Crippen molar-refractivity contribution in [3.63, 3.8) is 0 Å². The Morgan fingerprint density at radius 2 is 2.25 bits per heavy atom. The largest absolute Gasteiger partial charge is 0.316 e. The van der Waals surface area contributed by atoms with E-state index in [9.17, 15) is 0 Å². The van der Waals surface area contributed by atoms with Crippen molar-refractivity contribution in [2.75, 3.05) is 19.6 Å². The van der Waals surface area contributed by atoms with Crippen LogP contribution in [-0.4, -0.2) is 25.7 Å². The quantitative estimate of drug-likeness (QED) is 0.668. The fraction of sp³-hybridized carbons (Fsp3) is 1.00. The normalized spacial score (nSPS) is 28.8. The van der Waals surface area contributed by atoms with Gasteiger partial charge in [0.2, 0.25) is 0 Å². The van der Waals surface area contributed by atoms with Crippen LogP contribution in [0, 0.1) is 5.41 Å². The van der Waals surface area contributed by atoms with Crippen molar-refractivity contribution in [2.24, 2.45) is 5.41 Å². The molecule has 0 radical (unpaired) electrons. The lowest BCUT2D eigenvalue weighted by Gasteiger charge is -2.39. The fourth-order valence-electron chi connectivity index (χ4n) is 1.87. The summed E-state index contributed by atoms with van der Waals surface area (Å²) in [6.45, 7) is 10.4. The van der Waals surface area contributed by atoms with Crippen molar-refractivity contribution < 1.29 is 0 Å². The van der Waals surface area contributed by atoms with Crippen molar-refractivity contribution in [1.82, 2.24) is 10.6 Å². The van der Waals surface area contributed by atoms with E-state index in [0.717, 1.165) is 13.1 Å². The molecule has 72 valence electrons. The molecule has 1 unspecified atom stereocenters. The van der Waals surface area contributed by atoms with Crippen molar-refractivity contribution >= 4 is 0 Å². The molecular weight excluding hydrogens is 148 g/mol. The first kappa shape index (κ1) is 10.0. The first-order valence-corrected chi connectivity index (χ1v) is 5.11. The summed E-state index contributed by atoms with van der Waals surface area (Å²) >= 11 is 0. The predicted molar refractivity (Wildman–Crippen MR) is 53.3 cm³/mol. The SMILES string of the molecule is CCCNC1CCNCC1(C)C. The first-order valence-electron chi connectivity index (χ1n) is 5.11. The van der Waals surface area contributed by atoms with E-state index in [4.69, 9.17) is 0 Å². The Hall–Kier alpha value is -0.0800. The zero-order valence-corrected chi connectivity index (χ0v) is 8.61. The highest BCUT2D eigenvalue weighted by atomic mass is 15.0. The summed E-state index contributed by atoms with van der Waals surface area (Å²) in [7, 11) is 0. The lowest BCUT2D eigenvalue weighted by molar-refractivity contribution is 0.186. The Morgan fingerprint density at radius 1 is 1.50 bits per heavy atom. The van der Waals surface area contributed by atoms with Gasteiger partial charge in [-0.1, -0.05) is 20.8 Å². The summed E-state index contributed by atoms with van der Waals surface area (Å²) in [5.74, 6) is 0. The summed E-state index contributed by atoms with van der Waals surface area (Å²) in [6.07, 6.45) is 2.51. The maximum absolute atomic E-state index is 3.62. The molecule has 0 bridgehead atoms. The number of hydrogen-bond donors (Lipinski definition) is 2. The molecule has 1 fully saturated rings. The average Bonchev–Trinajstić information content (AvgIpc) is 2.02. The van der Waals surface area contributed by atoms with Gasteiger partial charge >= 0.3 is 0 Å². The van der Waals surface area contributed by atoms with Crippen molar-refractivity contribution in [2.45, 2.75) is 39.7 Å². The highest BCUT2D eigenvalue weighted by molar-refractivity contribution is 4.89. The summed E-state index contributed by atoms with van der Waals surface area (Å²) in [4.78, 5) is 0. The standard InChI is InChI=1S/C10H22N2/c1-4-6-12-9-5-7-11-8-10(9,2)3/h9,11-12H,4-8H2,1-3H3. The van der Waals surface area contributed by atoms with Crippen LogP contribution in [0.3, 0.4) is 0 Å². The molecule has 1 rings (SSSR count). The molecule has 0 aromatic heterocycles. The molecule has 12 heavy (non-hydrogen) atoms. The number of nitrogens with one attached hydrogen (secondary N) is 2. The maximum atomic E-state index is 3.62. The van der Waals surface area contributed by atoms with Gasteiger partial charge in [0.05, 0.1) is 0 Å². The molecule has 2 heteroatoms. The Kier molecular flexibility index (Phi) is 3.53. The topological polar surface area (TPSA) is 24.1 Å². The maximum Gasteiger partial charge on any atom is 0.0142 e. The van der Waals surface area contributed by atoms with Crippen LogP contribution >= 0.6 is 0 Å². The van der Waals surface area contributed by atoms with Crippen LogP contribution < -0.4 is 10.6 Å². The summed E-state index contributed by atoms with van der Waals surface area (Å²) in [5, 5.41) is 7.06. The molecule has 1 aliphatic heterocycles. The van der Waals surface area contributed by atoms with E-state index in [0.29, 0.717) is 11.5 Å². The molecule has 1 saturated heterocycles. The van der Waals surface area contributed by atoms with Gasteiger partial charge in [-0.25, -0.2) is 0 Å². The molecule has 2 N–H and O–H groups in total. The number of piperidine rings is 1. The number of rotatable bonds is 3. The lowest BCUT2D eigenvalue weighted by Crippen LogP contribution is -2.53. The molecule has 1 aliphatic rings. The molecule has 0 aliphatic carbocycles. The monoisotopic (exact) mass is 170 g/mol. The minimum Gasteiger partial charge on any atom is -0.316 e. The molecule has 0 amide bonds. The van der Waals surface area contributed by atoms with E-state index in [1.807, 2.05) is 0 Å². The van der Waals surface area contributed by atoms with Crippen molar-refractivity contribution in [3.05, 3.63) is 0 Å². The van der Waals surface area contributed by atoms with E-state index in [2.05, 4.69) is 31.4 Å². The second-order valence-electron chi connectivity index (χ2n) is 4.46. The van der Waals surface area contributed by atoms with Gasteiger partial charge < -0.3 is 10.6 Å². The highest BCUT2D eigenvalue weighted by Gasteiger charge is 2.31. The van der Waals surface area contributed by atoms with E-state index in [-0.39, 0.29) is 0 Å². The summed E-state index contributed by atoms with van der Waals surface area (Å²) < 4.78 is 0. The molecular formula is C10H22N2. The van der Waals surface area contributed by atoms with Crippen LogP contribution in [0.15, 0.2) is 0 Å². The average molecular weight is 170 g/mol. The van der Waals surface area contributed by atoms with Gasteiger partial charge in [-0.2, -0.15) is 0 Å². The second-order valence-corrected chi connectivity index (χ2v) is 4.46. The molecule has 1 atom stereocenters. The van der Waals surface area contributed by atoms with Crippen LogP contribution in [0.25, 0.3) is 0 Å². The Labute approximate surface area is 76.1 Å². The van der Waals surface area contributed by atoms with Crippen LogP contribution in [-0.2, 0) is 0 Å². The van der Waals surface area contributed by atoms with Crippen LogP contribution in [0.2, 0.25) is 0 Å². The smallest absolute Gasteiger partial charge is 0.0142 e. The Balaban J connectivity index is 2.37. The Bertz CT molecular complexity index is 132. The summed E-state index contributed by atoms with van der Waals surface area (Å²) in [5.41, 5.74) is 0.424. The first-order chi connectivity index (χ1) is 5.67. The van der Waals surface area contributed by atoms with E-state index < -0.39 is 0 Å². The molecule has 1 heterocycles.